The van der Waals surface area contributed by atoms with E-state index in [9.17, 15) is 9.59 Å². The van der Waals surface area contributed by atoms with Gasteiger partial charge in [-0.05, 0) is 117 Å². The third-order valence-corrected chi connectivity index (χ3v) is 14.5. The molecule has 0 saturated carbocycles. The van der Waals surface area contributed by atoms with Crippen molar-refractivity contribution in [3.8, 4) is 33.8 Å². The van der Waals surface area contributed by atoms with E-state index in [1.807, 2.05) is 70.5 Å². The van der Waals surface area contributed by atoms with Crippen molar-refractivity contribution in [3.05, 3.63) is 117 Å². The van der Waals surface area contributed by atoms with Crippen LogP contribution in [-0.4, -0.2) is 102 Å². The number of hydrogen-bond donors (Lipinski definition) is 2. The molecule has 0 spiro atoms. The van der Waals surface area contributed by atoms with E-state index in [-0.39, 0.29) is 23.7 Å². The van der Waals surface area contributed by atoms with Gasteiger partial charge in [-0.15, -0.1) is 10.2 Å². The number of carbonyl (C=O) groups is 2. The summed E-state index contributed by atoms with van der Waals surface area (Å²) in [6.45, 7) is 3.22. The van der Waals surface area contributed by atoms with Crippen LogP contribution in [0.4, 0.5) is 0 Å². The Labute approximate surface area is 387 Å². The van der Waals surface area contributed by atoms with Gasteiger partial charge in [0.05, 0.1) is 23.3 Å². The van der Waals surface area contributed by atoms with E-state index in [1.54, 1.807) is 12.2 Å². The SMILES string of the molecule is O=C(C=Cc1ccc(Sc2ccc(C=CC(=O)N3CCC(c4nnn[nH]4)CC3)c(-c3ccc4c(c3)CCOO4)c2Cl)c(Cl)c1-c1ccc2c(c1)CCOO2)N1CCC(c2nnn[nH]2)CC1. The van der Waals surface area contributed by atoms with Crippen molar-refractivity contribution in [1.29, 1.82) is 0 Å². The lowest BCUT2D eigenvalue weighted by molar-refractivity contribution is -0.215. The Morgan fingerprint density at radius 3 is 1.49 bits per heavy atom. The molecular formula is C46H42Cl2N10O6S. The minimum Gasteiger partial charge on any atom is -0.339 e. The Morgan fingerprint density at radius 2 is 1.08 bits per heavy atom. The summed E-state index contributed by atoms with van der Waals surface area (Å²) in [5, 5.41) is 29.7. The molecule has 0 atom stereocenters. The molecule has 2 aromatic heterocycles. The van der Waals surface area contributed by atoms with E-state index >= 15 is 0 Å². The molecular weight excluding hydrogens is 892 g/mol. The van der Waals surface area contributed by atoms with Crippen LogP contribution in [0.25, 0.3) is 34.4 Å². The Hall–Kier alpha value is -6.11. The lowest BCUT2D eigenvalue weighted by Gasteiger charge is -2.30. The number of piperidine rings is 2. The van der Waals surface area contributed by atoms with Crippen LogP contribution in [0.15, 0.2) is 82.6 Å². The zero-order valence-electron chi connectivity index (χ0n) is 34.9. The first kappa shape index (κ1) is 42.8. The van der Waals surface area contributed by atoms with E-state index in [1.165, 1.54) is 11.8 Å². The number of amides is 2. The van der Waals surface area contributed by atoms with Crippen LogP contribution in [0.1, 0.15) is 71.4 Å². The molecule has 0 unspecified atom stereocenters. The number of aromatic nitrogens is 8. The molecule has 0 radical (unpaired) electrons. The van der Waals surface area contributed by atoms with Gasteiger partial charge in [0.2, 0.25) is 11.8 Å². The molecule has 2 N–H and O–H groups in total. The molecule has 19 heteroatoms. The maximum atomic E-state index is 13.6. The summed E-state index contributed by atoms with van der Waals surface area (Å²) in [6.07, 6.45) is 11.3. The standard InChI is InChI=1S/C46H42Cl2N10O6S/c47-43-37(9-3-27(41(43)33-1-7-35-31(25-33)17-23-61-63-35)5-11-39(59)57-19-13-29(14-20-57)45-49-53-54-50-45)65-38-10-4-28(42(44(38)48)34-2-8-36-32(26-34)18-24-62-64-36)6-12-40(60)58-21-15-30(16-22-58)46-51-55-56-52-46/h1-12,25-26,29-30H,13-24H2,(H,49,50,53,54)(H,51,52,55,56). The number of likely N-dealkylation sites (tertiary alicyclic amines) is 2. The lowest BCUT2D eigenvalue weighted by Crippen LogP contribution is -2.37. The lowest BCUT2D eigenvalue weighted by atomic mass is 9.95. The van der Waals surface area contributed by atoms with E-state index in [4.69, 9.17) is 42.8 Å². The van der Waals surface area contributed by atoms with Crippen molar-refractivity contribution in [3.63, 3.8) is 0 Å². The highest BCUT2D eigenvalue weighted by Crippen LogP contribution is 2.47. The van der Waals surface area contributed by atoms with E-state index in [0.717, 1.165) is 91.6 Å². The van der Waals surface area contributed by atoms with Crippen molar-refractivity contribution in [2.24, 2.45) is 0 Å². The maximum Gasteiger partial charge on any atom is 0.246 e. The number of halogens is 2. The van der Waals surface area contributed by atoms with Gasteiger partial charge in [-0.1, -0.05) is 59.2 Å². The van der Waals surface area contributed by atoms with Gasteiger partial charge in [0.15, 0.2) is 23.1 Å². The van der Waals surface area contributed by atoms with Crippen LogP contribution < -0.4 is 9.78 Å². The molecule has 16 nitrogen and oxygen atoms in total. The van der Waals surface area contributed by atoms with Crippen molar-refractivity contribution in [2.75, 3.05) is 39.4 Å². The Balaban J connectivity index is 0.954. The average Bonchev–Trinajstić information content (AvgIpc) is 4.10. The molecule has 0 bridgehead atoms. The second-order valence-electron chi connectivity index (χ2n) is 16.2. The number of carbonyl (C=O) groups excluding carboxylic acids is 2. The number of rotatable bonds is 10. The maximum absolute atomic E-state index is 13.6. The quantitative estimate of drug-likeness (QED) is 0.0993. The minimum absolute atomic E-state index is 0.0859. The van der Waals surface area contributed by atoms with E-state index in [0.29, 0.717) is 73.8 Å². The molecule has 10 rings (SSSR count). The van der Waals surface area contributed by atoms with Crippen LogP contribution >= 0.6 is 35.0 Å². The highest BCUT2D eigenvalue weighted by Gasteiger charge is 2.27. The van der Waals surface area contributed by atoms with Gasteiger partial charge in [0.25, 0.3) is 0 Å². The van der Waals surface area contributed by atoms with Crippen molar-refractivity contribution in [1.82, 2.24) is 51.0 Å². The molecule has 2 fully saturated rings. The van der Waals surface area contributed by atoms with Crippen LogP contribution in [-0.2, 0) is 32.2 Å². The first-order valence-corrected chi connectivity index (χ1v) is 23.0. The highest BCUT2D eigenvalue weighted by atomic mass is 35.5. The number of tetrazole rings is 2. The second kappa shape index (κ2) is 19.2. The minimum atomic E-state index is -0.0859. The predicted molar refractivity (Wildman–Crippen MR) is 242 cm³/mol. The van der Waals surface area contributed by atoms with Crippen LogP contribution in [0.3, 0.4) is 0 Å². The molecule has 6 aromatic rings. The van der Waals surface area contributed by atoms with Gasteiger partial charge in [0, 0.05) is 95.1 Å². The Kier molecular flexibility index (Phi) is 12.6. The smallest absolute Gasteiger partial charge is 0.246 e. The van der Waals surface area contributed by atoms with Crippen LogP contribution in [0, 0.1) is 0 Å². The zero-order chi connectivity index (χ0) is 44.3. The fraction of sp³-hybridized carbons (Fsp3) is 0.304. The highest BCUT2D eigenvalue weighted by molar-refractivity contribution is 7.99. The van der Waals surface area contributed by atoms with Gasteiger partial charge >= 0.3 is 0 Å². The monoisotopic (exact) mass is 932 g/mol. The Morgan fingerprint density at radius 1 is 0.631 bits per heavy atom. The van der Waals surface area contributed by atoms with Crippen molar-refractivity contribution < 1.29 is 29.1 Å². The summed E-state index contributed by atoms with van der Waals surface area (Å²) in [6, 6.07) is 19.6. The number of nitrogens with zero attached hydrogens (tertiary/aromatic N) is 8. The van der Waals surface area contributed by atoms with Gasteiger partial charge in [-0.2, -0.15) is 9.78 Å². The van der Waals surface area contributed by atoms with Gasteiger partial charge in [-0.3, -0.25) is 9.59 Å². The number of benzene rings is 4. The summed E-state index contributed by atoms with van der Waals surface area (Å²) < 4.78 is 0. The summed E-state index contributed by atoms with van der Waals surface area (Å²) in [5.74, 6) is 2.99. The van der Waals surface area contributed by atoms with E-state index < -0.39 is 0 Å². The molecule has 65 heavy (non-hydrogen) atoms. The number of fused-ring (bicyclic) bond motifs is 2. The fourth-order valence-electron chi connectivity index (χ4n) is 8.78. The van der Waals surface area contributed by atoms with Gasteiger partial charge in [0.1, 0.15) is 0 Å². The zero-order valence-corrected chi connectivity index (χ0v) is 37.2. The summed E-state index contributed by atoms with van der Waals surface area (Å²) in [5.41, 5.74) is 6.80. The average molecular weight is 934 g/mol. The number of H-pyrrole nitrogens is 2. The van der Waals surface area contributed by atoms with E-state index in [2.05, 4.69) is 53.4 Å². The summed E-state index contributed by atoms with van der Waals surface area (Å²) >= 11 is 16.4. The largest absolute Gasteiger partial charge is 0.339 e. The molecule has 4 aromatic carbocycles. The molecule has 332 valence electrons. The van der Waals surface area contributed by atoms with Gasteiger partial charge in [-0.25, -0.2) is 10.2 Å². The normalized spacial score (nSPS) is 17.0. The molecule has 6 heterocycles. The number of nitrogens with one attached hydrogen (secondary N) is 2. The molecule has 4 aliphatic rings. The summed E-state index contributed by atoms with van der Waals surface area (Å²) in [4.78, 5) is 53.7. The molecule has 4 aliphatic heterocycles. The first-order chi connectivity index (χ1) is 31.9. The topological polar surface area (TPSA) is 186 Å². The number of aromatic amines is 2. The molecule has 2 saturated heterocycles. The molecule has 2 amide bonds. The first-order valence-electron chi connectivity index (χ1n) is 21.5. The molecule has 0 aliphatic carbocycles. The third-order valence-electron chi connectivity index (χ3n) is 12.3. The number of hydrogen-bond acceptors (Lipinski definition) is 13. The fourth-order valence-corrected chi connectivity index (χ4v) is 10.5. The second-order valence-corrected chi connectivity index (χ2v) is 18.0. The third kappa shape index (κ3) is 9.24. The van der Waals surface area contributed by atoms with Crippen molar-refractivity contribution in [2.45, 2.75) is 60.2 Å². The van der Waals surface area contributed by atoms with Crippen LogP contribution in [0.5, 0.6) is 11.5 Å². The Bertz CT molecular complexity index is 2590. The van der Waals surface area contributed by atoms with Crippen molar-refractivity contribution >= 4 is 58.9 Å². The summed E-state index contributed by atoms with van der Waals surface area (Å²) in [7, 11) is 0. The van der Waals surface area contributed by atoms with Gasteiger partial charge < -0.3 is 19.6 Å². The predicted octanol–water partition coefficient (Wildman–Crippen LogP) is 8.08. The van der Waals surface area contributed by atoms with Crippen LogP contribution in [0.2, 0.25) is 10.0 Å².